The van der Waals surface area contributed by atoms with E-state index in [-0.39, 0.29) is 0 Å². The molecule has 0 saturated heterocycles. The molecule has 152 valence electrons. The lowest BCUT2D eigenvalue weighted by Gasteiger charge is -2.14. The summed E-state index contributed by atoms with van der Waals surface area (Å²) in [5.74, 6) is 0.785. The Labute approximate surface area is 179 Å². The SMILES string of the molecule is Nc1ccc2ccccc2c1Nc1cccc(-n2nnnc2CCc2ccccn2)c1. The highest BCUT2D eigenvalue weighted by Crippen LogP contribution is 2.32. The number of nitrogens with zero attached hydrogens (tertiary/aromatic N) is 5. The topological polar surface area (TPSA) is 94.5 Å². The molecular formula is C24H21N7. The molecule has 0 bridgehead atoms. The van der Waals surface area contributed by atoms with Crippen molar-refractivity contribution in [3.05, 3.63) is 96.6 Å². The number of nitrogens with two attached hydrogens (primary N) is 1. The minimum absolute atomic E-state index is 0.692. The van der Waals surface area contributed by atoms with Gasteiger partial charge in [0.25, 0.3) is 0 Å². The summed E-state index contributed by atoms with van der Waals surface area (Å²) in [4.78, 5) is 4.37. The lowest BCUT2D eigenvalue weighted by molar-refractivity contribution is 0.747. The molecule has 7 nitrogen and oxygen atoms in total. The van der Waals surface area contributed by atoms with Crippen molar-refractivity contribution in [1.82, 2.24) is 25.2 Å². The fraction of sp³-hybridized carbons (Fsp3) is 0.0833. The zero-order valence-electron chi connectivity index (χ0n) is 16.8. The van der Waals surface area contributed by atoms with Crippen molar-refractivity contribution in [3.8, 4) is 5.69 Å². The molecule has 31 heavy (non-hydrogen) atoms. The van der Waals surface area contributed by atoms with Crippen molar-refractivity contribution >= 4 is 27.8 Å². The molecule has 2 aromatic heterocycles. The summed E-state index contributed by atoms with van der Waals surface area (Å²) in [7, 11) is 0. The number of aromatic nitrogens is 5. The summed E-state index contributed by atoms with van der Waals surface area (Å²) in [5.41, 5.74) is 10.7. The van der Waals surface area contributed by atoms with Crippen molar-refractivity contribution in [3.63, 3.8) is 0 Å². The molecular weight excluding hydrogens is 386 g/mol. The van der Waals surface area contributed by atoms with Gasteiger partial charge in [0.1, 0.15) is 0 Å². The molecule has 0 radical (unpaired) electrons. The van der Waals surface area contributed by atoms with E-state index < -0.39 is 0 Å². The predicted octanol–water partition coefficient (Wildman–Crippen LogP) is 4.32. The third-order valence-corrected chi connectivity index (χ3v) is 5.19. The van der Waals surface area contributed by atoms with E-state index in [4.69, 9.17) is 5.73 Å². The summed E-state index contributed by atoms with van der Waals surface area (Å²) < 4.78 is 1.76. The van der Waals surface area contributed by atoms with Crippen LogP contribution in [-0.2, 0) is 12.8 Å². The Kier molecular flexibility index (Phi) is 4.98. The van der Waals surface area contributed by atoms with E-state index in [9.17, 15) is 0 Å². The van der Waals surface area contributed by atoms with Crippen LogP contribution in [0.4, 0.5) is 17.1 Å². The quantitative estimate of drug-likeness (QED) is 0.407. The Morgan fingerprint density at radius 1 is 0.871 bits per heavy atom. The van der Waals surface area contributed by atoms with E-state index in [0.717, 1.165) is 45.8 Å². The van der Waals surface area contributed by atoms with Crippen LogP contribution in [0.25, 0.3) is 16.5 Å². The number of nitrogen functional groups attached to an aromatic ring is 1. The Balaban J connectivity index is 1.42. The highest BCUT2D eigenvalue weighted by atomic mass is 15.5. The number of fused-ring (bicyclic) bond motifs is 1. The maximum absolute atomic E-state index is 6.28. The fourth-order valence-corrected chi connectivity index (χ4v) is 3.64. The van der Waals surface area contributed by atoms with Crippen LogP contribution >= 0.6 is 0 Å². The van der Waals surface area contributed by atoms with E-state index in [1.54, 1.807) is 10.9 Å². The molecule has 3 N–H and O–H groups in total. The second-order valence-corrected chi connectivity index (χ2v) is 7.25. The standard InChI is InChI=1S/C24H21N7/c25-22-13-11-17-6-1-2-10-21(17)24(22)27-19-8-5-9-20(16-19)31-23(28-29-30-31)14-12-18-7-3-4-15-26-18/h1-11,13,15-16,27H,12,14,25H2. The molecule has 5 rings (SSSR count). The van der Waals surface area contributed by atoms with Crippen LogP contribution in [0.3, 0.4) is 0 Å². The van der Waals surface area contributed by atoms with Crippen LogP contribution in [0.1, 0.15) is 11.5 Å². The lowest BCUT2D eigenvalue weighted by atomic mass is 10.1. The fourth-order valence-electron chi connectivity index (χ4n) is 3.64. The van der Waals surface area contributed by atoms with Crippen LogP contribution in [0.2, 0.25) is 0 Å². The Bertz CT molecular complexity index is 1330. The summed E-state index contributed by atoms with van der Waals surface area (Å²) in [5, 5.41) is 18.0. The second kappa shape index (κ2) is 8.23. The molecule has 7 heteroatoms. The van der Waals surface area contributed by atoms with Gasteiger partial charge in [0.05, 0.1) is 17.1 Å². The van der Waals surface area contributed by atoms with Gasteiger partial charge in [-0.05, 0) is 58.6 Å². The summed E-state index contributed by atoms with van der Waals surface area (Å²) >= 11 is 0. The van der Waals surface area contributed by atoms with Gasteiger partial charge in [-0.1, -0.05) is 42.5 Å². The molecule has 0 saturated carbocycles. The van der Waals surface area contributed by atoms with E-state index >= 15 is 0 Å². The van der Waals surface area contributed by atoms with Gasteiger partial charge in [-0.25, -0.2) is 0 Å². The van der Waals surface area contributed by atoms with Crippen LogP contribution in [0.15, 0.2) is 85.1 Å². The molecule has 0 spiro atoms. The maximum atomic E-state index is 6.28. The average molecular weight is 407 g/mol. The van der Waals surface area contributed by atoms with E-state index in [1.165, 1.54) is 0 Å². The highest BCUT2D eigenvalue weighted by molar-refractivity contribution is 6.01. The molecule has 0 amide bonds. The first-order valence-corrected chi connectivity index (χ1v) is 10.1. The Hall–Kier alpha value is -4.26. The molecule has 2 heterocycles. The number of benzene rings is 3. The number of hydrogen-bond acceptors (Lipinski definition) is 6. The normalized spacial score (nSPS) is 11.0. The third kappa shape index (κ3) is 3.93. The Morgan fingerprint density at radius 2 is 1.77 bits per heavy atom. The summed E-state index contributed by atoms with van der Waals surface area (Å²) in [6.07, 6.45) is 3.26. The first-order valence-electron chi connectivity index (χ1n) is 10.1. The van der Waals surface area contributed by atoms with E-state index in [0.29, 0.717) is 12.1 Å². The van der Waals surface area contributed by atoms with E-state index in [2.05, 4.69) is 38.0 Å². The molecule has 0 fully saturated rings. The van der Waals surface area contributed by atoms with Gasteiger partial charge < -0.3 is 11.1 Å². The smallest absolute Gasteiger partial charge is 0.157 e. The first-order chi connectivity index (χ1) is 15.3. The van der Waals surface area contributed by atoms with Gasteiger partial charge in [0, 0.05) is 29.4 Å². The summed E-state index contributed by atoms with van der Waals surface area (Å²) in [6.45, 7) is 0. The molecule has 0 aliphatic rings. The number of tetrazole rings is 1. The number of rotatable bonds is 6. The molecule has 0 unspecified atom stereocenters. The van der Waals surface area contributed by atoms with Crippen LogP contribution in [-0.4, -0.2) is 25.2 Å². The van der Waals surface area contributed by atoms with Gasteiger partial charge >= 0.3 is 0 Å². The number of hydrogen-bond donors (Lipinski definition) is 2. The van der Waals surface area contributed by atoms with Gasteiger partial charge in [0.15, 0.2) is 5.82 Å². The zero-order valence-corrected chi connectivity index (χ0v) is 16.8. The molecule has 3 aromatic carbocycles. The maximum Gasteiger partial charge on any atom is 0.157 e. The molecule has 0 atom stereocenters. The van der Waals surface area contributed by atoms with Crippen LogP contribution < -0.4 is 11.1 Å². The molecule has 0 aliphatic carbocycles. The lowest BCUT2D eigenvalue weighted by Crippen LogP contribution is -2.06. The average Bonchev–Trinajstić information content (AvgIpc) is 3.29. The van der Waals surface area contributed by atoms with Gasteiger partial charge in [-0.15, -0.1) is 5.10 Å². The number of aryl methyl sites for hydroxylation is 2. The third-order valence-electron chi connectivity index (χ3n) is 5.19. The number of pyridine rings is 1. The number of nitrogens with one attached hydrogen (secondary N) is 1. The first kappa shape index (κ1) is 18.7. The van der Waals surface area contributed by atoms with Crippen molar-refractivity contribution in [2.24, 2.45) is 0 Å². The summed E-state index contributed by atoms with van der Waals surface area (Å²) in [6, 6.07) is 26.0. The van der Waals surface area contributed by atoms with Crippen LogP contribution in [0.5, 0.6) is 0 Å². The monoisotopic (exact) mass is 407 g/mol. The minimum Gasteiger partial charge on any atom is -0.397 e. The zero-order chi connectivity index (χ0) is 21.0. The highest BCUT2D eigenvalue weighted by Gasteiger charge is 2.11. The number of anilines is 3. The Morgan fingerprint density at radius 3 is 2.68 bits per heavy atom. The molecule has 5 aromatic rings. The second-order valence-electron chi connectivity index (χ2n) is 7.25. The van der Waals surface area contributed by atoms with E-state index in [1.807, 2.05) is 66.7 Å². The largest absolute Gasteiger partial charge is 0.397 e. The molecule has 0 aliphatic heterocycles. The van der Waals surface area contributed by atoms with Gasteiger partial charge in [0.2, 0.25) is 0 Å². The van der Waals surface area contributed by atoms with Gasteiger partial charge in [-0.2, -0.15) is 4.68 Å². The van der Waals surface area contributed by atoms with Crippen LogP contribution in [0, 0.1) is 0 Å². The van der Waals surface area contributed by atoms with Crippen molar-refractivity contribution in [1.29, 1.82) is 0 Å². The van der Waals surface area contributed by atoms with Crippen molar-refractivity contribution in [2.45, 2.75) is 12.8 Å². The predicted molar refractivity (Wildman–Crippen MR) is 122 cm³/mol. The van der Waals surface area contributed by atoms with Crippen molar-refractivity contribution in [2.75, 3.05) is 11.1 Å². The van der Waals surface area contributed by atoms with Crippen molar-refractivity contribution < 1.29 is 0 Å². The minimum atomic E-state index is 0.692. The van der Waals surface area contributed by atoms with Gasteiger partial charge in [-0.3, -0.25) is 4.98 Å².